The molecule has 7 heteroatoms. The zero-order valence-electron chi connectivity index (χ0n) is 9.89. The van der Waals surface area contributed by atoms with Crippen molar-refractivity contribution in [2.45, 2.75) is 31.7 Å². The first-order valence-electron chi connectivity index (χ1n) is 5.66. The minimum absolute atomic E-state index is 0.0532. The summed E-state index contributed by atoms with van der Waals surface area (Å²) in [7, 11) is -1.85. The molecule has 1 aliphatic rings. The molecule has 0 aromatic carbocycles. The van der Waals surface area contributed by atoms with Crippen molar-refractivity contribution in [2.24, 2.45) is 5.92 Å². The molecule has 0 amide bonds. The molecule has 0 heterocycles. The van der Waals surface area contributed by atoms with E-state index in [0.717, 1.165) is 0 Å². The number of nitrogens with one attached hydrogen (secondary N) is 1. The Bertz CT molecular complexity index is 346. The van der Waals surface area contributed by atoms with E-state index in [2.05, 4.69) is 4.72 Å². The Morgan fingerprint density at radius 1 is 1.35 bits per heavy atom. The van der Waals surface area contributed by atoms with Crippen LogP contribution in [-0.4, -0.2) is 45.0 Å². The number of methoxy groups -OCH3 is 1. The van der Waals surface area contributed by atoms with Gasteiger partial charge in [-0.1, -0.05) is 0 Å². The summed E-state index contributed by atoms with van der Waals surface area (Å²) in [6.45, 7) is 0.166. The van der Waals surface area contributed by atoms with E-state index in [4.69, 9.17) is 9.84 Å². The van der Waals surface area contributed by atoms with Gasteiger partial charge in [0, 0.05) is 13.2 Å². The van der Waals surface area contributed by atoms with E-state index in [1.54, 1.807) is 0 Å². The van der Waals surface area contributed by atoms with Crippen molar-refractivity contribution in [1.29, 1.82) is 0 Å². The number of aliphatic carboxylic acids is 1. The van der Waals surface area contributed by atoms with Crippen LogP contribution < -0.4 is 4.72 Å². The molecule has 100 valence electrons. The van der Waals surface area contributed by atoms with Gasteiger partial charge in [0.2, 0.25) is 10.0 Å². The molecule has 0 aromatic rings. The largest absolute Gasteiger partial charge is 0.481 e. The highest BCUT2D eigenvalue weighted by Gasteiger charge is 2.28. The van der Waals surface area contributed by atoms with E-state index in [-0.39, 0.29) is 24.3 Å². The quantitative estimate of drug-likeness (QED) is 0.715. The maximum absolute atomic E-state index is 11.6. The fourth-order valence-corrected chi connectivity index (χ4v) is 3.21. The molecule has 0 saturated heterocycles. The highest BCUT2D eigenvalue weighted by Crippen LogP contribution is 2.24. The smallest absolute Gasteiger partial charge is 0.306 e. The van der Waals surface area contributed by atoms with Crippen LogP contribution in [0.1, 0.15) is 25.7 Å². The number of carbonyl (C=O) groups is 1. The van der Waals surface area contributed by atoms with Gasteiger partial charge in [-0.15, -0.1) is 0 Å². The molecule has 0 bridgehead atoms. The average Bonchev–Trinajstić information content (AvgIpc) is 2.26. The van der Waals surface area contributed by atoms with E-state index in [9.17, 15) is 13.2 Å². The summed E-state index contributed by atoms with van der Waals surface area (Å²) >= 11 is 0. The first-order chi connectivity index (χ1) is 7.94. The number of ether oxygens (including phenoxy) is 1. The summed E-state index contributed by atoms with van der Waals surface area (Å²) in [6, 6.07) is -0.132. The SMILES string of the molecule is COCCS(=O)(=O)NC1CCC(C(=O)O)CC1. The monoisotopic (exact) mass is 265 g/mol. The van der Waals surface area contributed by atoms with E-state index < -0.39 is 16.0 Å². The zero-order valence-corrected chi connectivity index (χ0v) is 10.7. The van der Waals surface area contributed by atoms with Crippen molar-refractivity contribution in [3.8, 4) is 0 Å². The van der Waals surface area contributed by atoms with Crippen LogP contribution >= 0.6 is 0 Å². The number of rotatable bonds is 6. The van der Waals surface area contributed by atoms with Crippen LogP contribution in [0.25, 0.3) is 0 Å². The lowest BCUT2D eigenvalue weighted by Gasteiger charge is -2.26. The Morgan fingerprint density at radius 2 is 1.94 bits per heavy atom. The molecule has 0 atom stereocenters. The van der Waals surface area contributed by atoms with E-state index in [1.807, 2.05) is 0 Å². The molecule has 2 N–H and O–H groups in total. The molecular formula is C10H19NO5S. The molecule has 1 fully saturated rings. The van der Waals surface area contributed by atoms with Crippen molar-refractivity contribution in [2.75, 3.05) is 19.5 Å². The second-order valence-electron chi connectivity index (χ2n) is 4.32. The summed E-state index contributed by atoms with van der Waals surface area (Å²) in [5.74, 6) is -1.16. The lowest BCUT2D eigenvalue weighted by Crippen LogP contribution is -2.40. The first-order valence-corrected chi connectivity index (χ1v) is 7.31. The van der Waals surface area contributed by atoms with Gasteiger partial charge < -0.3 is 9.84 Å². The second-order valence-corrected chi connectivity index (χ2v) is 6.19. The summed E-state index contributed by atoms with van der Waals surface area (Å²) in [4.78, 5) is 10.7. The van der Waals surface area contributed by atoms with E-state index >= 15 is 0 Å². The Labute approximate surface area is 101 Å². The van der Waals surface area contributed by atoms with E-state index in [1.165, 1.54) is 7.11 Å². The molecular weight excluding hydrogens is 246 g/mol. The number of sulfonamides is 1. The van der Waals surface area contributed by atoms with Crippen LogP contribution in [0.15, 0.2) is 0 Å². The number of hydrogen-bond acceptors (Lipinski definition) is 4. The molecule has 0 aromatic heterocycles. The van der Waals surface area contributed by atoms with Gasteiger partial charge in [0.1, 0.15) is 0 Å². The normalized spacial score (nSPS) is 25.7. The highest BCUT2D eigenvalue weighted by atomic mass is 32.2. The maximum Gasteiger partial charge on any atom is 0.306 e. The van der Waals surface area contributed by atoms with Gasteiger partial charge in [0.05, 0.1) is 18.3 Å². The molecule has 0 radical (unpaired) electrons. The third-order valence-electron chi connectivity index (χ3n) is 2.98. The van der Waals surface area contributed by atoms with Crippen LogP contribution in [0.5, 0.6) is 0 Å². The van der Waals surface area contributed by atoms with Gasteiger partial charge in [-0.05, 0) is 25.7 Å². The van der Waals surface area contributed by atoms with Crippen LogP contribution in [-0.2, 0) is 19.6 Å². The van der Waals surface area contributed by atoms with E-state index in [0.29, 0.717) is 25.7 Å². The zero-order chi connectivity index (χ0) is 12.9. The van der Waals surface area contributed by atoms with Gasteiger partial charge in [-0.3, -0.25) is 4.79 Å². The Kier molecular flexibility index (Phi) is 5.35. The van der Waals surface area contributed by atoms with Gasteiger partial charge in [0.25, 0.3) is 0 Å². The molecule has 1 aliphatic carbocycles. The third-order valence-corrected chi connectivity index (χ3v) is 4.38. The minimum Gasteiger partial charge on any atom is -0.481 e. The first kappa shape index (κ1) is 14.4. The minimum atomic E-state index is -3.30. The fourth-order valence-electron chi connectivity index (χ4n) is 1.96. The molecule has 1 rings (SSSR count). The molecule has 0 spiro atoms. The molecule has 6 nitrogen and oxygen atoms in total. The van der Waals surface area contributed by atoms with Gasteiger partial charge in [0.15, 0.2) is 0 Å². The Balaban J connectivity index is 2.37. The maximum atomic E-state index is 11.6. The molecule has 1 saturated carbocycles. The summed E-state index contributed by atoms with van der Waals surface area (Å²) in [6.07, 6.45) is 2.24. The van der Waals surface area contributed by atoms with Gasteiger partial charge >= 0.3 is 5.97 Å². The lowest BCUT2D eigenvalue weighted by atomic mass is 9.87. The number of hydrogen-bond donors (Lipinski definition) is 2. The summed E-state index contributed by atoms with van der Waals surface area (Å²) in [5.41, 5.74) is 0. The predicted molar refractivity (Wildman–Crippen MR) is 62.2 cm³/mol. The lowest BCUT2D eigenvalue weighted by molar-refractivity contribution is -0.142. The molecule has 0 unspecified atom stereocenters. The highest BCUT2D eigenvalue weighted by molar-refractivity contribution is 7.89. The third kappa shape index (κ3) is 5.01. The van der Waals surface area contributed by atoms with Gasteiger partial charge in [-0.2, -0.15) is 0 Å². The summed E-state index contributed by atoms with van der Waals surface area (Å²) < 4.78 is 30.4. The molecule has 0 aliphatic heterocycles. The van der Waals surface area contributed by atoms with Crippen molar-refractivity contribution in [3.05, 3.63) is 0 Å². The van der Waals surface area contributed by atoms with Crippen LogP contribution in [0.2, 0.25) is 0 Å². The number of carboxylic acids is 1. The number of carboxylic acid groups (broad SMARTS) is 1. The van der Waals surface area contributed by atoms with Crippen molar-refractivity contribution in [3.63, 3.8) is 0 Å². The van der Waals surface area contributed by atoms with Gasteiger partial charge in [-0.25, -0.2) is 13.1 Å². The molecule has 17 heavy (non-hydrogen) atoms. The Hall–Kier alpha value is -0.660. The second kappa shape index (κ2) is 6.32. The van der Waals surface area contributed by atoms with Crippen molar-refractivity contribution in [1.82, 2.24) is 4.72 Å². The van der Waals surface area contributed by atoms with Crippen molar-refractivity contribution < 1.29 is 23.1 Å². The predicted octanol–water partition coefficient (Wildman–Crippen LogP) is 0.196. The van der Waals surface area contributed by atoms with Crippen LogP contribution in [0.3, 0.4) is 0 Å². The topological polar surface area (TPSA) is 92.7 Å². The standard InChI is InChI=1S/C10H19NO5S/c1-16-6-7-17(14,15)11-9-4-2-8(3-5-9)10(12)13/h8-9,11H,2-7H2,1H3,(H,12,13). The fraction of sp³-hybridized carbons (Fsp3) is 0.900. The van der Waals surface area contributed by atoms with Crippen molar-refractivity contribution >= 4 is 16.0 Å². The summed E-state index contributed by atoms with van der Waals surface area (Å²) in [5, 5.41) is 8.82. The average molecular weight is 265 g/mol. The van der Waals surface area contributed by atoms with Crippen LogP contribution in [0, 0.1) is 5.92 Å². The Morgan fingerprint density at radius 3 is 2.41 bits per heavy atom. The van der Waals surface area contributed by atoms with Crippen LogP contribution in [0.4, 0.5) is 0 Å².